The summed E-state index contributed by atoms with van der Waals surface area (Å²) >= 11 is 12.0. The molecule has 3 rings (SSSR count). The van der Waals surface area contributed by atoms with Gasteiger partial charge in [0.15, 0.2) is 0 Å². The van der Waals surface area contributed by atoms with Crippen LogP contribution in [0.5, 0.6) is 5.75 Å². The first-order chi connectivity index (χ1) is 12.2. The number of halogens is 2. The minimum Gasteiger partial charge on any atom is -0.489 e. The quantitative estimate of drug-likeness (QED) is 0.831. The zero-order valence-electron chi connectivity index (χ0n) is 14.1. The van der Waals surface area contributed by atoms with Gasteiger partial charge in [0.25, 0.3) is 0 Å². The molecule has 2 N–H and O–H groups in total. The van der Waals surface area contributed by atoms with Crippen LogP contribution in [-0.4, -0.2) is 44.2 Å². The fourth-order valence-corrected chi connectivity index (χ4v) is 3.28. The molecular weight excluding hydrogens is 357 g/mol. The molecule has 0 amide bonds. The molecule has 1 aliphatic rings. The van der Waals surface area contributed by atoms with Gasteiger partial charge in [0.2, 0.25) is 0 Å². The Morgan fingerprint density at radius 3 is 2.28 bits per heavy atom. The molecule has 25 heavy (non-hydrogen) atoms. The van der Waals surface area contributed by atoms with E-state index in [1.54, 1.807) is 6.07 Å². The maximum Gasteiger partial charge on any atom is 0.119 e. The van der Waals surface area contributed by atoms with Gasteiger partial charge in [0, 0.05) is 45.0 Å². The lowest BCUT2D eigenvalue weighted by Crippen LogP contribution is -2.47. The smallest absolute Gasteiger partial charge is 0.119 e. The predicted molar refractivity (Wildman–Crippen MR) is 105 cm³/mol. The SMILES string of the molecule is NCCN1CCN(c2ccc(OCc3ccc(Cl)c(Cl)c3)cc2)CC1. The van der Waals surface area contributed by atoms with Gasteiger partial charge in [-0.3, -0.25) is 4.90 Å². The van der Waals surface area contributed by atoms with E-state index in [0.29, 0.717) is 16.7 Å². The van der Waals surface area contributed by atoms with E-state index in [0.717, 1.165) is 50.6 Å². The van der Waals surface area contributed by atoms with Crippen LogP contribution in [0.2, 0.25) is 10.0 Å². The van der Waals surface area contributed by atoms with Crippen LogP contribution in [0.15, 0.2) is 42.5 Å². The summed E-state index contributed by atoms with van der Waals surface area (Å²) in [6, 6.07) is 13.8. The zero-order valence-corrected chi connectivity index (χ0v) is 15.6. The van der Waals surface area contributed by atoms with Gasteiger partial charge < -0.3 is 15.4 Å². The summed E-state index contributed by atoms with van der Waals surface area (Å²) in [5, 5.41) is 1.10. The number of nitrogens with two attached hydrogens (primary N) is 1. The van der Waals surface area contributed by atoms with E-state index in [4.69, 9.17) is 33.7 Å². The molecular formula is C19H23Cl2N3O. The number of anilines is 1. The average molecular weight is 380 g/mol. The number of nitrogens with zero attached hydrogens (tertiary/aromatic N) is 2. The van der Waals surface area contributed by atoms with Crippen molar-refractivity contribution in [3.63, 3.8) is 0 Å². The summed E-state index contributed by atoms with van der Waals surface area (Å²) in [7, 11) is 0. The minimum atomic E-state index is 0.466. The van der Waals surface area contributed by atoms with Gasteiger partial charge in [-0.1, -0.05) is 29.3 Å². The second kappa shape index (κ2) is 8.77. The van der Waals surface area contributed by atoms with Crippen molar-refractivity contribution < 1.29 is 4.74 Å². The highest BCUT2D eigenvalue weighted by molar-refractivity contribution is 6.42. The molecule has 2 aromatic carbocycles. The molecule has 0 bridgehead atoms. The van der Waals surface area contributed by atoms with Crippen molar-refractivity contribution in [2.75, 3.05) is 44.2 Å². The number of rotatable bonds is 6. The summed E-state index contributed by atoms with van der Waals surface area (Å²) in [5.74, 6) is 0.844. The number of ether oxygens (including phenoxy) is 1. The predicted octanol–water partition coefficient (Wildman–Crippen LogP) is 3.65. The van der Waals surface area contributed by atoms with E-state index < -0.39 is 0 Å². The van der Waals surface area contributed by atoms with Gasteiger partial charge in [-0.25, -0.2) is 0 Å². The minimum absolute atomic E-state index is 0.466. The Hall–Kier alpha value is -1.46. The van der Waals surface area contributed by atoms with Gasteiger partial charge in [0.05, 0.1) is 10.0 Å². The molecule has 1 aliphatic heterocycles. The van der Waals surface area contributed by atoms with Crippen molar-refractivity contribution in [2.24, 2.45) is 5.73 Å². The fourth-order valence-electron chi connectivity index (χ4n) is 2.96. The highest BCUT2D eigenvalue weighted by atomic mass is 35.5. The van der Waals surface area contributed by atoms with E-state index in [2.05, 4.69) is 21.9 Å². The van der Waals surface area contributed by atoms with Crippen LogP contribution in [0, 0.1) is 0 Å². The molecule has 0 aromatic heterocycles. The van der Waals surface area contributed by atoms with Crippen LogP contribution in [-0.2, 0) is 6.61 Å². The Kier molecular flexibility index (Phi) is 6.43. The summed E-state index contributed by atoms with van der Waals surface area (Å²) in [6.45, 7) is 6.36. The highest BCUT2D eigenvalue weighted by Gasteiger charge is 2.16. The van der Waals surface area contributed by atoms with Crippen molar-refractivity contribution >= 4 is 28.9 Å². The third kappa shape index (κ3) is 5.02. The lowest BCUT2D eigenvalue weighted by Gasteiger charge is -2.35. The van der Waals surface area contributed by atoms with Crippen molar-refractivity contribution in [1.82, 2.24) is 4.90 Å². The third-order valence-electron chi connectivity index (χ3n) is 4.41. The lowest BCUT2D eigenvalue weighted by molar-refractivity contribution is 0.265. The molecule has 0 aliphatic carbocycles. The Morgan fingerprint density at radius 1 is 0.920 bits per heavy atom. The molecule has 0 saturated carbocycles. The molecule has 6 heteroatoms. The summed E-state index contributed by atoms with van der Waals surface area (Å²) in [6.07, 6.45) is 0. The van der Waals surface area contributed by atoms with Crippen LogP contribution < -0.4 is 15.4 Å². The largest absolute Gasteiger partial charge is 0.489 e. The second-order valence-electron chi connectivity index (χ2n) is 6.15. The Balaban J connectivity index is 1.53. The number of benzene rings is 2. The molecule has 1 heterocycles. The standard InChI is InChI=1S/C19H23Cl2N3O/c20-18-6-1-15(13-19(18)21)14-25-17-4-2-16(3-5-17)24-11-9-23(8-7-22)10-12-24/h1-6,13H,7-12,14,22H2. The van der Waals surface area contributed by atoms with Gasteiger partial charge in [-0.15, -0.1) is 0 Å². The Labute approximate surface area is 159 Å². The van der Waals surface area contributed by atoms with Crippen molar-refractivity contribution in [3.05, 3.63) is 58.1 Å². The van der Waals surface area contributed by atoms with Gasteiger partial charge >= 0.3 is 0 Å². The Morgan fingerprint density at radius 2 is 1.64 bits per heavy atom. The first-order valence-corrected chi connectivity index (χ1v) is 9.25. The van der Waals surface area contributed by atoms with Crippen LogP contribution in [0.25, 0.3) is 0 Å². The summed E-state index contributed by atoms with van der Waals surface area (Å²) < 4.78 is 5.84. The molecule has 2 aromatic rings. The molecule has 1 fully saturated rings. The van der Waals surface area contributed by atoms with E-state index in [9.17, 15) is 0 Å². The van der Waals surface area contributed by atoms with Crippen LogP contribution in [0.4, 0.5) is 5.69 Å². The molecule has 1 saturated heterocycles. The first-order valence-electron chi connectivity index (χ1n) is 8.50. The molecule has 4 nitrogen and oxygen atoms in total. The average Bonchev–Trinajstić information content (AvgIpc) is 2.64. The maximum absolute atomic E-state index is 6.03. The van der Waals surface area contributed by atoms with E-state index in [1.807, 2.05) is 24.3 Å². The van der Waals surface area contributed by atoms with E-state index in [1.165, 1.54) is 5.69 Å². The maximum atomic E-state index is 6.03. The lowest BCUT2D eigenvalue weighted by atomic mass is 10.2. The fraction of sp³-hybridized carbons (Fsp3) is 0.368. The summed E-state index contributed by atoms with van der Waals surface area (Å²) in [5.41, 5.74) is 7.85. The number of piperazine rings is 1. The highest BCUT2D eigenvalue weighted by Crippen LogP contribution is 2.24. The van der Waals surface area contributed by atoms with Gasteiger partial charge in [-0.05, 0) is 42.0 Å². The number of hydrogen-bond donors (Lipinski definition) is 1. The number of hydrogen-bond acceptors (Lipinski definition) is 4. The van der Waals surface area contributed by atoms with Gasteiger partial charge in [0.1, 0.15) is 12.4 Å². The monoisotopic (exact) mass is 379 g/mol. The van der Waals surface area contributed by atoms with Gasteiger partial charge in [-0.2, -0.15) is 0 Å². The molecule has 0 radical (unpaired) electrons. The molecule has 0 spiro atoms. The van der Waals surface area contributed by atoms with Crippen molar-refractivity contribution in [3.8, 4) is 5.75 Å². The van der Waals surface area contributed by atoms with Crippen molar-refractivity contribution in [2.45, 2.75) is 6.61 Å². The molecule has 0 atom stereocenters. The topological polar surface area (TPSA) is 41.7 Å². The molecule has 134 valence electrons. The second-order valence-corrected chi connectivity index (χ2v) is 6.96. The normalized spacial score (nSPS) is 15.4. The summed E-state index contributed by atoms with van der Waals surface area (Å²) in [4.78, 5) is 4.81. The van der Waals surface area contributed by atoms with Crippen LogP contribution in [0.1, 0.15) is 5.56 Å². The third-order valence-corrected chi connectivity index (χ3v) is 5.15. The zero-order chi connectivity index (χ0) is 17.6. The first kappa shape index (κ1) is 18.3. The Bertz CT molecular complexity index is 686. The van der Waals surface area contributed by atoms with Crippen LogP contribution in [0.3, 0.4) is 0 Å². The van der Waals surface area contributed by atoms with E-state index in [-0.39, 0.29) is 0 Å². The van der Waals surface area contributed by atoms with Crippen molar-refractivity contribution in [1.29, 1.82) is 0 Å². The van der Waals surface area contributed by atoms with Crippen LogP contribution >= 0.6 is 23.2 Å². The van der Waals surface area contributed by atoms with E-state index >= 15 is 0 Å². The molecule has 0 unspecified atom stereocenters.